The molecule has 0 saturated heterocycles. The fraction of sp³-hybridized carbons (Fsp3) is 0.455. The van der Waals surface area contributed by atoms with Crippen LogP contribution in [-0.4, -0.2) is 12.0 Å². The van der Waals surface area contributed by atoms with Crippen LogP contribution < -0.4 is 4.74 Å². The Morgan fingerprint density at radius 3 is 2.31 bits per heavy atom. The van der Waals surface area contributed by atoms with Crippen LogP contribution in [0.3, 0.4) is 0 Å². The predicted molar refractivity (Wildman–Crippen MR) is 58.3 cm³/mol. The van der Waals surface area contributed by atoms with E-state index in [4.69, 9.17) is 4.74 Å². The van der Waals surface area contributed by atoms with Gasteiger partial charge in [0, 0.05) is 6.07 Å². The van der Waals surface area contributed by atoms with Gasteiger partial charge in [-0.3, -0.25) is 10.1 Å². The molecule has 0 heterocycles. The van der Waals surface area contributed by atoms with Crippen molar-refractivity contribution in [3.05, 3.63) is 33.6 Å². The van der Waals surface area contributed by atoms with Gasteiger partial charge in [0.1, 0.15) is 0 Å². The van der Waals surface area contributed by atoms with Gasteiger partial charge in [-0.15, -0.1) is 0 Å². The lowest BCUT2D eigenvalue weighted by Gasteiger charge is -2.21. The minimum atomic E-state index is -0.585. The van der Waals surface area contributed by atoms with Gasteiger partial charge < -0.3 is 4.74 Å². The van der Waals surface area contributed by atoms with E-state index in [2.05, 4.69) is 0 Å². The molecule has 0 atom stereocenters. The number of nitro benzene ring substituents is 1. The quantitative estimate of drug-likeness (QED) is 0.576. The van der Waals surface area contributed by atoms with Crippen molar-refractivity contribution in [3.63, 3.8) is 0 Å². The number of rotatable bonds is 2. The Morgan fingerprint density at radius 1 is 1.38 bits per heavy atom. The van der Waals surface area contributed by atoms with Gasteiger partial charge >= 0.3 is 0 Å². The minimum absolute atomic E-state index is 0.0540. The molecule has 0 spiro atoms. The summed E-state index contributed by atoms with van der Waals surface area (Å²) in [6, 6.07) is 2.21. The summed E-state index contributed by atoms with van der Waals surface area (Å²) in [4.78, 5) is 10.4. The molecule has 0 aliphatic heterocycles. The molecular formula is C11H14FNO3. The van der Waals surface area contributed by atoms with Crippen LogP contribution in [0.1, 0.15) is 26.3 Å². The average molecular weight is 227 g/mol. The van der Waals surface area contributed by atoms with Crippen LogP contribution in [-0.2, 0) is 5.41 Å². The number of nitro groups is 1. The van der Waals surface area contributed by atoms with Crippen molar-refractivity contribution in [2.45, 2.75) is 26.2 Å². The minimum Gasteiger partial charge on any atom is -0.493 e. The highest BCUT2D eigenvalue weighted by Gasteiger charge is 2.31. The second-order valence-electron chi connectivity index (χ2n) is 4.48. The smallest absolute Gasteiger partial charge is 0.277 e. The second-order valence-corrected chi connectivity index (χ2v) is 4.48. The van der Waals surface area contributed by atoms with Gasteiger partial charge in [-0.2, -0.15) is 0 Å². The molecule has 0 saturated carbocycles. The van der Waals surface area contributed by atoms with Crippen LogP contribution in [0.15, 0.2) is 12.1 Å². The van der Waals surface area contributed by atoms with E-state index in [1.165, 1.54) is 13.2 Å². The van der Waals surface area contributed by atoms with E-state index in [1.54, 1.807) is 20.8 Å². The highest BCUT2D eigenvalue weighted by atomic mass is 19.1. The molecule has 4 nitrogen and oxygen atoms in total. The van der Waals surface area contributed by atoms with Gasteiger partial charge in [0.2, 0.25) is 0 Å². The van der Waals surface area contributed by atoms with Crippen molar-refractivity contribution in [2.24, 2.45) is 0 Å². The Labute approximate surface area is 93.2 Å². The van der Waals surface area contributed by atoms with Gasteiger partial charge in [-0.25, -0.2) is 4.39 Å². The summed E-state index contributed by atoms with van der Waals surface area (Å²) in [5, 5.41) is 10.9. The van der Waals surface area contributed by atoms with E-state index in [0.717, 1.165) is 6.07 Å². The third-order valence-corrected chi connectivity index (χ3v) is 2.24. The zero-order valence-electron chi connectivity index (χ0n) is 9.70. The molecule has 5 heteroatoms. The highest BCUT2D eigenvalue weighted by molar-refractivity contribution is 5.53. The topological polar surface area (TPSA) is 52.4 Å². The van der Waals surface area contributed by atoms with Crippen LogP contribution in [0.4, 0.5) is 10.1 Å². The zero-order valence-corrected chi connectivity index (χ0v) is 9.70. The molecule has 1 aromatic carbocycles. The number of methoxy groups -OCH3 is 1. The molecule has 0 aromatic heterocycles. The summed E-state index contributed by atoms with van der Waals surface area (Å²) in [5.41, 5.74) is -0.402. The van der Waals surface area contributed by atoms with Crippen molar-refractivity contribution in [1.29, 1.82) is 0 Å². The summed E-state index contributed by atoms with van der Waals surface area (Å²) in [5.74, 6) is -0.639. The Bertz CT molecular complexity index is 424. The second kappa shape index (κ2) is 4.08. The van der Waals surface area contributed by atoms with Crippen molar-refractivity contribution in [1.82, 2.24) is 0 Å². The summed E-state index contributed by atoms with van der Waals surface area (Å²) in [6.45, 7) is 5.33. The van der Waals surface area contributed by atoms with Crippen LogP contribution in [0, 0.1) is 15.9 Å². The van der Waals surface area contributed by atoms with E-state index in [-0.39, 0.29) is 17.0 Å². The predicted octanol–water partition coefficient (Wildman–Crippen LogP) is 3.04. The Kier molecular flexibility index (Phi) is 3.16. The average Bonchev–Trinajstić information content (AvgIpc) is 2.15. The molecule has 1 rings (SSSR count). The molecular weight excluding hydrogens is 213 g/mol. The van der Waals surface area contributed by atoms with Crippen LogP contribution in [0.2, 0.25) is 0 Å². The molecule has 0 aliphatic carbocycles. The van der Waals surface area contributed by atoms with Crippen molar-refractivity contribution < 1.29 is 14.1 Å². The van der Waals surface area contributed by atoms with Crippen molar-refractivity contribution in [2.75, 3.05) is 7.11 Å². The molecule has 0 unspecified atom stereocenters. The Hall–Kier alpha value is -1.65. The maximum Gasteiger partial charge on any atom is 0.277 e. The van der Waals surface area contributed by atoms with Crippen LogP contribution in [0.25, 0.3) is 0 Å². The maximum atomic E-state index is 13.5. The first kappa shape index (κ1) is 12.4. The number of nitrogens with zero attached hydrogens (tertiary/aromatic N) is 1. The first-order chi connectivity index (χ1) is 7.29. The Balaban J connectivity index is 3.61. The number of benzene rings is 1. The van der Waals surface area contributed by atoms with Crippen molar-refractivity contribution >= 4 is 5.69 Å². The standard InChI is InChI=1S/C11H14FNO3/c1-11(2,3)9-8(13(14)15)6-5-7(12)10(9)16-4/h5-6H,1-4H3. The fourth-order valence-electron chi connectivity index (χ4n) is 1.62. The van der Waals surface area contributed by atoms with E-state index < -0.39 is 16.2 Å². The maximum absolute atomic E-state index is 13.5. The van der Waals surface area contributed by atoms with E-state index >= 15 is 0 Å². The summed E-state index contributed by atoms with van der Waals surface area (Å²) >= 11 is 0. The summed E-state index contributed by atoms with van der Waals surface area (Å²) in [6.07, 6.45) is 0. The van der Waals surface area contributed by atoms with Crippen molar-refractivity contribution in [3.8, 4) is 5.75 Å². The van der Waals surface area contributed by atoms with E-state index in [9.17, 15) is 14.5 Å². The third-order valence-electron chi connectivity index (χ3n) is 2.24. The monoisotopic (exact) mass is 227 g/mol. The number of ether oxygens (including phenoxy) is 1. The van der Waals surface area contributed by atoms with Gasteiger partial charge in [-0.1, -0.05) is 20.8 Å². The van der Waals surface area contributed by atoms with Crippen LogP contribution >= 0.6 is 0 Å². The molecule has 0 bridgehead atoms. The van der Waals surface area contributed by atoms with E-state index in [1.807, 2.05) is 0 Å². The first-order valence-corrected chi connectivity index (χ1v) is 4.80. The number of hydrogen-bond acceptors (Lipinski definition) is 3. The highest BCUT2D eigenvalue weighted by Crippen LogP contribution is 2.39. The lowest BCUT2D eigenvalue weighted by atomic mass is 9.85. The third kappa shape index (κ3) is 2.13. The first-order valence-electron chi connectivity index (χ1n) is 4.80. The number of hydrogen-bond donors (Lipinski definition) is 0. The molecule has 0 fully saturated rings. The largest absolute Gasteiger partial charge is 0.493 e. The molecule has 88 valence electrons. The van der Waals surface area contributed by atoms with Gasteiger partial charge in [0.25, 0.3) is 5.69 Å². The normalized spacial score (nSPS) is 11.3. The van der Waals surface area contributed by atoms with Crippen LogP contribution in [0.5, 0.6) is 5.75 Å². The van der Waals surface area contributed by atoms with Gasteiger partial charge in [-0.05, 0) is 11.5 Å². The van der Waals surface area contributed by atoms with E-state index in [0.29, 0.717) is 0 Å². The lowest BCUT2D eigenvalue weighted by molar-refractivity contribution is -0.386. The fourth-order valence-corrected chi connectivity index (χ4v) is 1.62. The summed E-state index contributed by atoms with van der Waals surface area (Å²) < 4.78 is 18.4. The molecule has 16 heavy (non-hydrogen) atoms. The molecule has 0 amide bonds. The zero-order chi connectivity index (χ0) is 12.5. The van der Waals surface area contributed by atoms with Gasteiger partial charge in [0.15, 0.2) is 11.6 Å². The number of halogens is 1. The lowest BCUT2D eigenvalue weighted by Crippen LogP contribution is -2.16. The SMILES string of the molecule is COc1c(F)ccc([N+](=O)[O-])c1C(C)(C)C. The molecule has 0 aliphatic rings. The molecule has 1 aromatic rings. The molecule has 0 N–H and O–H groups in total. The molecule has 0 radical (unpaired) electrons. The summed E-state index contributed by atoms with van der Waals surface area (Å²) in [7, 11) is 1.30. The van der Waals surface area contributed by atoms with Gasteiger partial charge in [0.05, 0.1) is 17.6 Å². The Morgan fingerprint density at radius 2 is 1.94 bits per heavy atom.